The number of nitrogens with one attached hydrogen (secondary N) is 1. The smallest absolute Gasteiger partial charge is 0.237 e. The van der Waals surface area contributed by atoms with Crippen LogP contribution in [0.1, 0.15) is 44.1 Å². The zero-order chi connectivity index (χ0) is 19.4. The second-order valence-corrected chi connectivity index (χ2v) is 9.16. The van der Waals surface area contributed by atoms with E-state index >= 15 is 0 Å². The van der Waals surface area contributed by atoms with E-state index in [1.165, 1.54) is 12.7 Å². The molecule has 0 saturated heterocycles. The molecule has 29 heavy (non-hydrogen) atoms. The number of phenols is 1. The Morgan fingerprint density at radius 1 is 1.24 bits per heavy atom. The third-order valence-electron chi connectivity index (χ3n) is 6.92. The van der Waals surface area contributed by atoms with Gasteiger partial charge in [-0.1, -0.05) is 12.1 Å². The SMILES string of the molecule is Cl.N[C@@H](Cc1ccc(O)cc1)C(=O)NC12CC3CC(C1)CC(n1ncnn1)(C3)C2. The van der Waals surface area contributed by atoms with Crippen LogP contribution in [0.25, 0.3) is 0 Å². The fourth-order valence-corrected chi connectivity index (χ4v) is 6.31. The summed E-state index contributed by atoms with van der Waals surface area (Å²) < 4.78 is 0. The van der Waals surface area contributed by atoms with Gasteiger partial charge in [0.05, 0.1) is 11.6 Å². The standard InChI is InChI=1S/C20H26N6O2.ClH/c21-17(6-13-1-3-16(27)4-2-13)18(28)24-19-7-14-5-15(8-19)10-20(9-14,11-19)26-23-12-22-25-26;/h1-4,12,14-15,17,27H,5-11,21H2,(H,24,28);1H/t14?,15?,17-,19?,20?;/m0./s1. The molecule has 4 bridgehead atoms. The molecule has 3 atom stereocenters. The summed E-state index contributed by atoms with van der Waals surface area (Å²) in [6.07, 6.45) is 8.18. The quantitative estimate of drug-likeness (QED) is 0.677. The first-order valence-corrected chi connectivity index (χ1v) is 10.0. The van der Waals surface area contributed by atoms with Gasteiger partial charge >= 0.3 is 0 Å². The van der Waals surface area contributed by atoms with Crippen LogP contribution in [0.5, 0.6) is 5.75 Å². The van der Waals surface area contributed by atoms with Crippen molar-refractivity contribution in [3.8, 4) is 5.75 Å². The molecule has 0 radical (unpaired) electrons. The van der Waals surface area contributed by atoms with Gasteiger partial charge in [0.25, 0.3) is 0 Å². The molecule has 0 spiro atoms. The summed E-state index contributed by atoms with van der Waals surface area (Å²) in [6.45, 7) is 0. The van der Waals surface area contributed by atoms with Gasteiger partial charge in [-0.15, -0.1) is 22.6 Å². The highest BCUT2D eigenvalue weighted by atomic mass is 35.5. The van der Waals surface area contributed by atoms with E-state index in [0.717, 1.165) is 37.7 Å². The minimum absolute atomic E-state index is 0. The van der Waals surface area contributed by atoms with Gasteiger partial charge in [-0.3, -0.25) is 4.79 Å². The lowest BCUT2D eigenvalue weighted by atomic mass is 9.50. The number of amides is 1. The number of carbonyl (C=O) groups excluding carboxylic acids is 1. The molecule has 4 N–H and O–H groups in total. The van der Waals surface area contributed by atoms with Crippen molar-refractivity contribution in [2.45, 2.75) is 62.1 Å². The molecule has 1 heterocycles. The van der Waals surface area contributed by atoms with Crippen LogP contribution in [-0.2, 0) is 16.8 Å². The fraction of sp³-hybridized carbons (Fsp3) is 0.600. The predicted octanol–water partition coefficient (Wildman–Crippen LogP) is 1.53. The summed E-state index contributed by atoms with van der Waals surface area (Å²) in [6, 6.07) is 6.23. The first kappa shape index (κ1) is 20.1. The van der Waals surface area contributed by atoms with E-state index in [2.05, 4.69) is 20.7 Å². The third-order valence-corrected chi connectivity index (χ3v) is 6.92. The molecule has 1 aromatic carbocycles. The van der Waals surface area contributed by atoms with E-state index in [-0.39, 0.29) is 35.1 Å². The van der Waals surface area contributed by atoms with Gasteiger partial charge in [0.15, 0.2) is 6.33 Å². The van der Waals surface area contributed by atoms with Crippen LogP contribution in [0, 0.1) is 11.8 Å². The maximum Gasteiger partial charge on any atom is 0.237 e. The van der Waals surface area contributed by atoms with Crippen LogP contribution < -0.4 is 11.1 Å². The number of benzene rings is 1. The van der Waals surface area contributed by atoms with Crippen molar-refractivity contribution in [2.75, 3.05) is 0 Å². The summed E-state index contributed by atoms with van der Waals surface area (Å²) in [5, 5.41) is 25.2. The lowest BCUT2D eigenvalue weighted by molar-refractivity contribution is -0.132. The number of carbonyl (C=O) groups is 1. The number of halogens is 1. The number of phenolic OH excluding ortho intramolecular Hbond substituents is 1. The number of hydrogen-bond donors (Lipinski definition) is 3. The second kappa shape index (κ2) is 7.25. The number of aromatic nitrogens is 4. The maximum atomic E-state index is 13.0. The Hall–Kier alpha value is -2.19. The summed E-state index contributed by atoms with van der Waals surface area (Å²) in [5.74, 6) is 1.28. The van der Waals surface area contributed by atoms with Gasteiger partial charge in [0.1, 0.15) is 5.75 Å². The summed E-state index contributed by atoms with van der Waals surface area (Å²) in [4.78, 5) is 14.7. The van der Waals surface area contributed by atoms with Gasteiger partial charge in [0, 0.05) is 5.54 Å². The molecule has 4 aliphatic rings. The van der Waals surface area contributed by atoms with E-state index in [9.17, 15) is 9.90 Å². The van der Waals surface area contributed by atoms with E-state index in [4.69, 9.17) is 5.73 Å². The largest absolute Gasteiger partial charge is 0.508 e. The van der Waals surface area contributed by atoms with Crippen LogP contribution in [0.15, 0.2) is 30.6 Å². The number of rotatable bonds is 5. The van der Waals surface area contributed by atoms with Crippen LogP contribution in [0.2, 0.25) is 0 Å². The Labute approximate surface area is 175 Å². The van der Waals surface area contributed by atoms with Gasteiger partial charge in [0.2, 0.25) is 5.91 Å². The average Bonchev–Trinajstić information content (AvgIpc) is 3.18. The zero-order valence-electron chi connectivity index (χ0n) is 16.2. The maximum absolute atomic E-state index is 13.0. The monoisotopic (exact) mass is 418 g/mol. The van der Waals surface area contributed by atoms with E-state index in [1.807, 2.05) is 0 Å². The third kappa shape index (κ3) is 3.59. The molecular weight excluding hydrogens is 392 g/mol. The first-order valence-electron chi connectivity index (χ1n) is 10.0. The highest BCUT2D eigenvalue weighted by Gasteiger charge is 2.60. The van der Waals surface area contributed by atoms with Crippen LogP contribution in [0.4, 0.5) is 0 Å². The van der Waals surface area contributed by atoms with Gasteiger partial charge in [-0.2, -0.15) is 4.80 Å². The molecule has 0 aliphatic heterocycles. The predicted molar refractivity (Wildman–Crippen MR) is 108 cm³/mol. The second-order valence-electron chi connectivity index (χ2n) is 9.16. The van der Waals surface area contributed by atoms with Crippen molar-refractivity contribution in [3.63, 3.8) is 0 Å². The Balaban J connectivity index is 0.00000205. The molecule has 8 nitrogen and oxygen atoms in total. The van der Waals surface area contributed by atoms with Crippen LogP contribution in [-0.4, -0.2) is 42.8 Å². The lowest BCUT2D eigenvalue weighted by Gasteiger charge is -2.61. The minimum Gasteiger partial charge on any atom is -0.508 e. The molecule has 1 amide bonds. The summed E-state index contributed by atoms with van der Waals surface area (Å²) in [7, 11) is 0. The van der Waals surface area contributed by atoms with Crippen LogP contribution in [0.3, 0.4) is 0 Å². The highest BCUT2D eigenvalue weighted by molar-refractivity contribution is 5.85. The number of nitrogens with zero attached hydrogens (tertiary/aromatic N) is 4. The highest BCUT2D eigenvalue weighted by Crippen LogP contribution is 2.60. The number of hydrogen-bond acceptors (Lipinski definition) is 6. The minimum atomic E-state index is -0.613. The molecule has 156 valence electrons. The fourth-order valence-electron chi connectivity index (χ4n) is 6.31. The molecule has 9 heteroatoms. The van der Waals surface area contributed by atoms with E-state index in [1.54, 1.807) is 29.1 Å². The Kier molecular flexibility index (Phi) is 5.02. The molecular formula is C20H27ClN6O2. The molecule has 2 unspecified atom stereocenters. The molecule has 4 saturated carbocycles. The Bertz CT molecular complexity index is 858. The lowest BCUT2D eigenvalue weighted by Crippen LogP contribution is -2.67. The van der Waals surface area contributed by atoms with E-state index < -0.39 is 6.04 Å². The van der Waals surface area contributed by atoms with Crippen molar-refractivity contribution in [1.29, 1.82) is 0 Å². The van der Waals surface area contributed by atoms with Gasteiger partial charge in [-0.25, -0.2) is 0 Å². The molecule has 4 fully saturated rings. The van der Waals surface area contributed by atoms with Crippen molar-refractivity contribution in [2.24, 2.45) is 17.6 Å². The topological polar surface area (TPSA) is 119 Å². The van der Waals surface area contributed by atoms with Gasteiger partial charge in [-0.05, 0) is 79.7 Å². The van der Waals surface area contributed by atoms with Crippen LogP contribution >= 0.6 is 12.4 Å². The van der Waals surface area contributed by atoms with Crippen molar-refractivity contribution >= 4 is 18.3 Å². The average molecular weight is 419 g/mol. The first-order chi connectivity index (χ1) is 13.5. The zero-order valence-corrected chi connectivity index (χ0v) is 17.0. The van der Waals surface area contributed by atoms with Crippen molar-refractivity contribution < 1.29 is 9.90 Å². The number of aromatic hydroxyl groups is 1. The summed E-state index contributed by atoms with van der Waals surface area (Å²) in [5.41, 5.74) is 6.82. The molecule has 6 rings (SSSR count). The Morgan fingerprint density at radius 3 is 2.55 bits per heavy atom. The normalized spacial score (nSPS) is 33.1. The molecule has 2 aromatic rings. The van der Waals surface area contributed by atoms with E-state index in [0.29, 0.717) is 18.3 Å². The molecule has 1 aromatic heterocycles. The summed E-state index contributed by atoms with van der Waals surface area (Å²) >= 11 is 0. The molecule has 4 aliphatic carbocycles. The van der Waals surface area contributed by atoms with Gasteiger partial charge < -0.3 is 16.2 Å². The van der Waals surface area contributed by atoms with Crippen molar-refractivity contribution in [1.82, 2.24) is 25.5 Å². The van der Waals surface area contributed by atoms with Crippen molar-refractivity contribution in [3.05, 3.63) is 36.2 Å². The number of nitrogens with two attached hydrogens (primary N) is 1. The number of tetrazole rings is 1. The Morgan fingerprint density at radius 2 is 1.93 bits per heavy atom.